The lowest BCUT2D eigenvalue weighted by Gasteiger charge is -2.23. The van der Waals surface area contributed by atoms with Gasteiger partial charge in [0, 0.05) is 38.0 Å². The highest BCUT2D eigenvalue weighted by atomic mass is 16.2. The van der Waals surface area contributed by atoms with Gasteiger partial charge in [-0.1, -0.05) is 55.5 Å². The van der Waals surface area contributed by atoms with Crippen molar-refractivity contribution in [2.75, 3.05) is 26.2 Å². The highest BCUT2D eigenvalue weighted by Gasteiger charge is 2.30. The fourth-order valence-electron chi connectivity index (χ4n) is 5.03. The molecule has 0 unspecified atom stereocenters. The maximum atomic E-state index is 13.9. The first-order valence-corrected chi connectivity index (χ1v) is 11.9. The Morgan fingerprint density at radius 3 is 2.45 bits per heavy atom. The summed E-state index contributed by atoms with van der Waals surface area (Å²) in [6.07, 6.45) is 5.21. The first-order chi connectivity index (χ1) is 16.2. The zero-order valence-corrected chi connectivity index (χ0v) is 19.1. The van der Waals surface area contributed by atoms with Gasteiger partial charge in [0.2, 0.25) is 5.91 Å². The van der Waals surface area contributed by atoms with E-state index in [1.54, 1.807) is 0 Å². The molecule has 3 aromatic rings. The lowest BCUT2D eigenvalue weighted by molar-refractivity contribution is -0.130. The number of amides is 2. The molecule has 5 nitrogen and oxygen atoms in total. The van der Waals surface area contributed by atoms with Crippen LogP contribution in [0.1, 0.15) is 53.4 Å². The van der Waals surface area contributed by atoms with Gasteiger partial charge in [-0.15, -0.1) is 0 Å². The minimum absolute atomic E-state index is 0.0663. The number of benzene rings is 2. The minimum atomic E-state index is 0.0663. The van der Waals surface area contributed by atoms with Gasteiger partial charge in [0.25, 0.3) is 5.91 Å². The van der Waals surface area contributed by atoms with Gasteiger partial charge in [0.1, 0.15) is 0 Å². The molecule has 2 heterocycles. The molecule has 2 aliphatic rings. The number of pyridine rings is 1. The first kappa shape index (κ1) is 21.4. The third-order valence-corrected chi connectivity index (χ3v) is 6.73. The highest BCUT2D eigenvalue weighted by Crippen LogP contribution is 2.38. The molecule has 0 spiro atoms. The van der Waals surface area contributed by atoms with E-state index in [1.807, 2.05) is 59.2 Å². The molecule has 1 aliphatic carbocycles. The van der Waals surface area contributed by atoms with Gasteiger partial charge in [-0.3, -0.25) is 9.59 Å². The van der Waals surface area contributed by atoms with E-state index >= 15 is 0 Å². The van der Waals surface area contributed by atoms with Crippen molar-refractivity contribution in [1.29, 1.82) is 0 Å². The third kappa shape index (κ3) is 4.15. The average molecular weight is 440 g/mol. The molecule has 0 bridgehead atoms. The van der Waals surface area contributed by atoms with Crippen LogP contribution in [0.25, 0.3) is 22.6 Å². The molecule has 33 heavy (non-hydrogen) atoms. The first-order valence-electron chi connectivity index (χ1n) is 11.9. The molecule has 0 radical (unpaired) electrons. The lowest BCUT2D eigenvalue weighted by Crippen LogP contribution is -2.37. The van der Waals surface area contributed by atoms with Crippen LogP contribution in [0.4, 0.5) is 0 Å². The third-order valence-electron chi connectivity index (χ3n) is 6.73. The van der Waals surface area contributed by atoms with Crippen LogP contribution in [0.2, 0.25) is 0 Å². The topological polar surface area (TPSA) is 53.5 Å². The molecule has 5 heteroatoms. The van der Waals surface area contributed by atoms with E-state index in [0.717, 1.165) is 59.1 Å². The molecule has 1 fully saturated rings. The monoisotopic (exact) mass is 439 g/mol. The maximum absolute atomic E-state index is 13.9. The Morgan fingerprint density at radius 1 is 0.909 bits per heavy atom. The van der Waals surface area contributed by atoms with Crippen molar-refractivity contribution in [3.05, 3.63) is 77.0 Å². The van der Waals surface area contributed by atoms with E-state index in [4.69, 9.17) is 4.98 Å². The van der Waals surface area contributed by atoms with Gasteiger partial charge >= 0.3 is 0 Å². The molecule has 1 saturated heterocycles. The molecular weight excluding hydrogens is 410 g/mol. The Labute approximate surface area is 194 Å². The van der Waals surface area contributed by atoms with Crippen LogP contribution >= 0.6 is 0 Å². The summed E-state index contributed by atoms with van der Waals surface area (Å²) in [5, 5.41) is 0.924. The van der Waals surface area contributed by atoms with Crippen LogP contribution in [0.3, 0.4) is 0 Å². The summed E-state index contributed by atoms with van der Waals surface area (Å²) >= 11 is 0. The number of hydrogen-bond acceptors (Lipinski definition) is 3. The predicted molar refractivity (Wildman–Crippen MR) is 132 cm³/mol. The molecule has 0 N–H and O–H groups in total. The molecule has 0 saturated carbocycles. The highest BCUT2D eigenvalue weighted by molar-refractivity contribution is 6.09. The quantitative estimate of drug-likeness (QED) is 0.589. The Morgan fingerprint density at radius 2 is 1.64 bits per heavy atom. The van der Waals surface area contributed by atoms with Crippen molar-refractivity contribution in [1.82, 2.24) is 14.8 Å². The normalized spacial score (nSPS) is 17.3. The number of hydrogen-bond donors (Lipinski definition) is 0. The van der Waals surface area contributed by atoms with Crippen LogP contribution in [0, 0.1) is 0 Å². The molecule has 168 valence electrons. The van der Waals surface area contributed by atoms with E-state index in [2.05, 4.69) is 18.2 Å². The summed E-state index contributed by atoms with van der Waals surface area (Å²) in [6, 6.07) is 18.3. The summed E-state index contributed by atoms with van der Waals surface area (Å²) < 4.78 is 0. The zero-order valence-electron chi connectivity index (χ0n) is 19.1. The van der Waals surface area contributed by atoms with Gasteiger partial charge < -0.3 is 9.80 Å². The van der Waals surface area contributed by atoms with Gasteiger partial charge in [-0.25, -0.2) is 4.98 Å². The van der Waals surface area contributed by atoms with E-state index in [1.165, 1.54) is 5.57 Å². The van der Waals surface area contributed by atoms with Crippen molar-refractivity contribution in [2.24, 2.45) is 0 Å². The molecule has 0 atom stereocenters. The summed E-state index contributed by atoms with van der Waals surface area (Å²) in [7, 11) is 0. The standard InChI is InChI=1S/C28H29N3O2/c1-2-25(32)30-15-8-16-31(18-17-30)28(33)26-22-11-6-7-12-24(22)29-27-21(13-14-23(26)27)19-20-9-4-3-5-10-20/h3-7,9-12,19H,2,8,13-18H2,1H3/b21-19-. The fourth-order valence-corrected chi connectivity index (χ4v) is 5.03. The van der Waals surface area contributed by atoms with Crippen molar-refractivity contribution in [3.8, 4) is 0 Å². The second-order valence-corrected chi connectivity index (χ2v) is 8.79. The summed E-state index contributed by atoms with van der Waals surface area (Å²) in [4.78, 5) is 34.9. The molecule has 1 aromatic heterocycles. The van der Waals surface area contributed by atoms with Gasteiger partial charge in [0.15, 0.2) is 0 Å². The van der Waals surface area contributed by atoms with E-state index in [-0.39, 0.29) is 11.8 Å². The van der Waals surface area contributed by atoms with E-state index < -0.39 is 0 Å². The summed E-state index contributed by atoms with van der Waals surface area (Å²) in [5.74, 6) is 0.229. The minimum Gasteiger partial charge on any atom is -0.341 e. The Kier molecular flexibility index (Phi) is 5.95. The van der Waals surface area contributed by atoms with Crippen LogP contribution in [-0.2, 0) is 11.2 Å². The molecule has 5 rings (SSSR count). The van der Waals surface area contributed by atoms with Crippen LogP contribution in [0.5, 0.6) is 0 Å². The second-order valence-electron chi connectivity index (χ2n) is 8.79. The predicted octanol–water partition coefficient (Wildman–Crippen LogP) is 4.81. The number of allylic oxidation sites excluding steroid dienone is 1. The smallest absolute Gasteiger partial charge is 0.254 e. The van der Waals surface area contributed by atoms with E-state index in [9.17, 15) is 9.59 Å². The number of para-hydroxylation sites is 1. The number of carbonyl (C=O) groups excluding carboxylic acids is 2. The lowest BCUT2D eigenvalue weighted by atomic mass is 9.99. The van der Waals surface area contributed by atoms with Crippen molar-refractivity contribution >= 4 is 34.4 Å². The number of rotatable bonds is 3. The Bertz CT molecular complexity index is 1230. The van der Waals surface area contributed by atoms with Crippen molar-refractivity contribution < 1.29 is 9.59 Å². The molecule has 2 amide bonds. The molecule has 2 aromatic carbocycles. The number of fused-ring (bicyclic) bond motifs is 2. The zero-order chi connectivity index (χ0) is 22.8. The van der Waals surface area contributed by atoms with Gasteiger partial charge in [-0.05, 0) is 48.1 Å². The van der Waals surface area contributed by atoms with Crippen LogP contribution < -0.4 is 0 Å². The fraction of sp³-hybridized carbons (Fsp3) is 0.321. The van der Waals surface area contributed by atoms with Crippen molar-refractivity contribution in [2.45, 2.75) is 32.6 Å². The number of carbonyl (C=O) groups is 2. The SMILES string of the molecule is CCC(=O)N1CCCN(C(=O)c2c3c(nc4ccccc24)/C(=C\c2ccccc2)CC3)CC1. The van der Waals surface area contributed by atoms with Crippen LogP contribution in [-0.4, -0.2) is 52.8 Å². The van der Waals surface area contributed by atoms with Gasteiger partial charge in [-0.2, -0.15) is 0 Å². The average Bonchev–Trinajstić information content (AvgIpc) is 3.08. The summed E-state index contributed by atoms with van der Waals surface area (Å²) in [5.41, 5.74) is 6.01. The Balaban J connectivity index is 1.54. The Hall–Kier alpha value is -3.47. The van der Waals surface area contributed by atoms with Crippen molar-refractivity contribution in [3.63, 3.8) is 0 Å². The molecular formula is C28H29N3O2. The number of aromatic nitrogens is 1. The van der Waals surface area contributed by atoms with Crippen LogP contribution in [0.15, 0.2) is 54.6 Å². The van der Waals surface area contributed by atoms with E-state index in [0.29, 0.717) is 26.1 Å². The largest absolute Gasteiger partial charge is 0.341 e. The second kappa shape index (κ2) is 9.18. The maximum Gasteiger partial charge on any atom is 0.254 e. The number of nitrogens with zero attached hydrogens (tertiary/aromatic N) is 3. The van der Waals surface area contributed by atoms with Gasteiger partial charge in [0.05, 0.1) is 16.8 Å². The molecule has 1 aliphatic heterocycles. The summed E-state index contributed by atoms with van der Waals surface area (Å²) in [6.45, 7) is 4.45.